The Morgan fingerprint density at radius 1 is 0.706 bits per heavy atom. The molecule has 2 rings (SSSR count). The zero-order valence-electron chi connectivity index (χ0n) is 17.7. The van der Waals surface area contributed by atoms with E-state index in [9.17, 15) is 66.1 Å². The number of hydrogen-bond acceptors (Lipinski definition) is 16. The van der Waals surface area contributed by atoms with Gasteiger partial charge in [0.15, 0.2) is 12.6 Å². The first-order valence-electron chi connectivity index (χ1n) is 10.3. The molecule has 2 aliphatic heterocycles. The first kappa shape index (κ1) is 29.3. The Hall–Kier alpha value is -0.930. The molecule has 0 bridgehead atoms. The smallest absolute Gasteiger partial charge is 0.187 e. The minimum Gasteiger partial charge on any atom is -0.394 e. The molecule has 2 aliphatic rings. The van der Waals surface area contributed by atoms with Crippen LogP contribution in [0.4, 0.5) is 0 Å². The van der Waals surface area contributed by atoms with Crippen LogP contribution in [0.25, 0.3) is 0 Å². The van der Waals surface area contributed by atoms with Crippen LogP contribution >= 0.6 is 0 Å². The van der Waals surface area contributed by atoms with E-state index in [2.05, 4.69) is 0 Å². The number of aldehydes is 1. The molecule has 0 spiro atoms. The lowest BCUT2D eigenvalue weighted by Gasteiger charge is -2.47. The molecule has 16 nitrogen and oxygen atoms in total. The van der Waals surface area contributed by atoms with Gasteiger partial charge in [0.2, 0.25) is 0 Å². The molecule has 15 atom stereocenters. The van der Waals surface area contributed by atoms with Crippen molar-refractivity contribution in [1.29, 1.82) is 0 Å². The molecule has 2 unspecified atom stereocenters. The molecule has 2 heterocycles. The second-order valence-electron chi connectivity index (χ2n) is 8.19. The fourth-order valence-electron chi connectivity index (χ4n) is 3.78. The maximum Gasteiger partial charge on any atom is 0.187 e. The van der Waals surface area contributed by atoms with E-state index in [4.69, 9.17) is 14.2 Å². The van der Waals surface area contributed by atoms with E-state index < -0.39 is 105 Å². The summed E-state index contributed by atoms with van der Waals surface area (Å²) in [6, 6.07) is 0. The van der Waals surface area contributed by atoms with Crippen LogP contribution in [0.3, 0.4) is 0 Å². The number of rotatable bonds is 10. The highest BCUT2D eigenvalue weighted by Gasteiger charge is 2.53. The average Bonchev–Trinajstić information content (AvgIpc) is 2.84. The highest BCUT2D eigenvalue weighted by molar-refractivity contribution is 5.56. The van der Waals surface area contributed by atoms with Gasteiger partial charge in [0.05, 0.1) is 13.2 Å². The maximum absolute atomic E-state index is 10.5. The van der Waals surface area contributed by atoms with Crippen LogP contribution in [0.1, 0.15) is 0 Å². The van der Waals surface area contributed by atoms with Gasteiger partial charge in [-0.05, 0) is 0 Å². The molecule has 2 fully saturated rings. The fourth-order valence-corrected chi connectivity index (χ4v) is 3.78. The first-order valence-corrected chi connectivity index (χ1v) is 10.3. The van der Waals surface area contributed by atoms with Crippen molar-refractivity contribution < 1.29 is 80.3 Å². The SMILES string of the molecule is O=C[C@H](O)[C@@H](O)[C@@H](O)[C@H](O)C(O)C1O[C@H](CO)[C@@H](O[C@@H]2O[C@H](CO)[C@H](O)[C@H](O)[C@H]2O)[C@H](O)[C@H]1O. The molecule has 0 aliphatic carbocycles. The number of carbonyl (C=O) groups is 1. The standard InChI is InChI=1S/C18H32O16/c19-1-4(22)7(23)9(25)11(27)12(28)17-14(30)13(29)16(6(3-21)32-17)34-18-15(31)10(26)8(24)5(2-20)33-18/h1,4-18,20-31H,2-3H2/t4-,5+,6+,7+,8-,9+,10-,11-,12?,13+,14+,15+,16+,17?,18-/m0/s1. The second-order valence-corrected chi connectivity index (χ2v) is 8.19. The second kappa shape index (κ2) is 12.3. The van der Waals surface area contributed by atoms with E-state index in [0.717, 1.165) is 0 Å². The van der Waals surface area contributed by atoms with Crippen molar-refractivity contribution in [3.63, 3.8) is 0 Å². The zero-order chi connectivity index (χ0) is 25.9. The van der Waals surface area contributed by atoms with Gasteiger partial charge in [-0.15, -0.1) is 0 Å². The third-order valence-corrected chi connectivity index (χ3v) is 5.92. The van der Waals surface area contributed by atoms with Crippen molar-refractivity contribution in [2.45, 2.75) is 91.7 Å². The van der Waals surface area contributed by atoms with Crippen molar-refractivity contribution in [3.05, 3.63) is 0 Å². The summed E-state index contributed by atoms with van der Waals surface area (Å²) >= 11 is 0. The van der Waals surface area contributed by atoms with Gasteiger partial charge in [0.25, 0.3) is 0 Å². The normalized spacial score (nSPS) is 43.5. The Kier molecular flexibility index (Phi) is 10.6. The average molecular weight is 504 g/mol. The van der Waals surface area contributed by atoms with Crippen LogP contribution in [-0.2, 0) is 19.0 Å². The fraction of sp³-hybridized carbons (Fsp3) is 0.944. The summed E-state index contributed by atoms with van der Waals surface area (Å²) in [5, 5.41) is 119. The third-order valence-electron chi connectivity index (χ3n) is 5.92. The van der Waals surface area contributed by atoms with Gasteiger partial charge in [-0.1, -0.05) is 0 Å². The van der Waals surface area contributed by atoms with E-state index in [1.165, 1.54) is 0 Å². The van der Waals surface area contributed by atoms with Crippen LogP contribution in [0, 0.1) is 0 Å². The zero-order valence-corrected chi connectivity index (χ0v) is 17.7. The molecule has 0 amide bonds. The summed E-state index contributed by atoms with van der Waals surface area (Å²) in [4.78, 5) is 10.5. The molecule has 2 saturated heterocycles. The summed E-state index contributed by atoms with van der Waals surface area (Å²) in [6.07, 6.45) is -29.0. The number of ether oxygens (including phenoxy) is 3. The van der Waals surface area contributed by atoms with Gasteiger partial charge in [-0.3, -0.25) is 0 Å². The van der Waals surface area contributed by atoms with Gasteiger partial charge in [-0.2, -0.15) is 0 Å². The summed E-state index contributed by atoms with van der Waals surface area (Å²) < 4.78 is 15.8. The van der Waals surface area contributed by atoms with Gasteiger partial charge < -0.3 is 80.3 Å². The van der Waals surface area contributed by atoms with Crippen LogP contribution in [-0.4, -0.2) is 173 Å². The molecule has 0 radical (unpaired) electrons. The lowest BCUT2D eigenvalue weighted by molar-refractivity contribution is -0.347. The summed E-state index contributed by atoms with van der Waals surface area (Å²) in [5.41, 5.74) is 0. The maximum atomic E-state index is 10.5. The Balaban J connectivity index is 2.15. The topological polar surface area (TPSA) is 288 Å². The van der Waals surface area contributed by atoms with Gasteiger partial charge in [0, 0.05) is 0 Å². The Labute approximate surface area is 192 Å². The largest absolute Gasteiger partial charge is 0.394 e. The van der Waals surface area contributed by atoms with E-state index >= 15 is 0 Å². The molecule has 12 N–H and O–H groups in total. The third kappa shape index (κ3) is 5.89. The van der Waals surface area contributed by atoms with Crippen molar-refractivity contribution in [3.8, 4) is 0 Å². The van der Waals surface area contributed by atoms with E-state index in [1.54, 1.807) is 0 Å². The molecule has 0 aromatic rings. The molecular weight excluding hydrogens is 472 g/mol. The van der Waals surface area contributed by atoms with Crippen molar-refractivity contribution in [1.82, 2.24) is 0 Å². The number of hydrogen-bond donors (Lipinski definition) is 12. The highest BCUT2D eigenvalue weighted by Crippen LogP contribution is 2.31. The van der Waals surface area contributed by atoms with Crippen molar-refractivity contribution >= 4 is 6.29 Å². The van der Waals surface area contributed by atoms with Crippen LogP contribution in [0.15, 0.2) is 0 Å². The summed E-state index contributed by atoms with van der Waals surface area (Å²) in [6.45, 7) is -1.69. The van der Waals surface area contributed by atoms with Crippen LogP contribution < -0.4 is 0 Å². The van der Waals surface area contributed by atoms with Crippen LogP contribution in [0.5, 0.6) is 0 Å². The molecule has 0 saturated carbocycles. The molecule has 0 aromatic heterocycles. The quantitative estimate of drug-likeness (QED) is 0.123. The van der Waals surface area contributed by atoms with E-state index in [0.29, 0.717) is 0 Å². The molecular formula is C18H32O16. The predicted octanol–water partition coefficient (Wildman–Crippen LogP) is -8.34. The molecule has 16 heteroatoms. The van der Waals surface area contributed by atoms with Gasteiger partial charge in [-0.25, -0.2) is 0 Å². The number of aliphatic hydroxyl groups is 12. The highest BCUT2D eigenvalue weighted by atomic mass is 16.7. The Bertz CT molecular complexity index is 635. The lowest BCUT2D eigenvalue weighted by Crippen LogP contribution is -2.67. The molecule has 200 valence electrons. The minimum atomic E-state index is -2.31. The minimum absolute atomic E-state index is 0.133. The summed E-state index contributed by atoms with van der Waals surface area (Å²) in [5.74, 6) is 0. The van der Waals surface area contributed by atoms with Gasteiger partial charge in [0.1, 0.15) is 85.5 Å². The summed E-state index contributed by atoms with van der Waals surface area (Å²) in [7, 11) is 0. The van der Waals surface area contributed by atoms with Crippen molar-refractivity contribution in [2.24, 2.45) is 0 Å². The number of aliphatic hydroxyl groups excluding tert-OH is 12. The number of carbonyl (C=O) groups excluding carboxylic acids is 1. The van der Waals surface area contributed by atoms with E-state index in [1.807, 2.05) is 0 Å². The Morgan fingerprint density at radius 3 is 1.82 bits per heavy atom. The van der Waals surface area contributed by atoms with E-state index in [-0.39, 0.29) is 6.29 Å². The van der Waals surface area contributed by atoms with Crippen molar-refractivity contribution in [2.75, 3.05) is 13.2 Å². The first-order chi connectivity index (χ1) is 15.9. The molecule has 34 heavy (non-hydrogen) atoms. The molecule has 0 aromatic carbocycles. The van der Waals surface area contributed by atoms with Crippen LogP contribution in [0.2, 0.25) is 0 Å². The van der Waals surface area contributed by atoms with Gasteiger partial charge >= 0.3 is 0 Å². The lowest BCUT2D eigenvalue weighted by atomic mass is 9.88. The Morgan fingerprint density at radius 2 is 1.29 bits per heavy atom. The monoisotopic (exact) mass is 504 g/mol. The predicted molar refractivity (Wildman–Crippen MR) is 102 cm³/mol.